The fourth-order valence-electron chi connectivity index (χ4n) is 2.03. The van der Waals surface area contributed by atoms with Gasteiger partial charge < -0.3 is 5.73 Å². The lowest BCUT2D eigenvalue weighted by Crippen LogP contribution is -1.91. The monoisotopic (exact) mass is 247 g/mol. The van der Waals surface area contributed by atoms with Crippen molar-refractivity contribution >= 4 is 5.69 Å². The fourth-order valence-corrected chi connectivity index (χ4v) is 2.03. The van der Waals surface area contributed by atoms with Gasteiger partial charge in [-0.25, -0.2) is 9.97 Å². The van der Waals surface area contributed by atoms with Crippen LogP contribution in [0.25, 0.3) is 22.4 Å². The molecule has 1 aromatic heterocycles. The lowest BCUT2D eigenvalue weighted by atomic mass is 10.0. The number of benzene rings is 2. The summed E-state index contributed by atoms with van der Waals surface area (Å²) in [5, 5.41) is 0. The van der Waals surface area contributed by atoms with Gasteiger partial charge in [-0.05, 0) is 17.7 Å². The highest BCUT2D eigenvalue weighted by Gasteiger charge is 2.08. The molecule has 0 bridgehead atoms. The molecule has 3 heteroatoms. The predicted octanol–water partition coefficient (Wildman–Crippen LogP) is 3.39. The van der Waals surface area contributed by atoms with Crippen molar-refractivity contribution in [2.45, 2.75) is 0 Å². The van der Waals surface area contributed by atoms with E-state index in [1.165, 1.54) is 0 Å². The zero-order chi connectivity index (χ0) is 13.1. The minimum atomic E-state index is 0.752. The van der Waals surface area contributed by atoms with Gasteiger partial charge in [-0.1, -0.05) is 42.5 Å². The van der Waals surface area contributed by atoms with Crippen molar-refractivity contribution in [3.05, 3.63) is 67.1 Å². The number of nitrogens with zero attached hydrogens (tertiary/aromatic N) is 2. The van der Waals surface area contributed by atoms with Crippen LogP contribution in [0.4, 0.5) is 5.69 Å². The third kappa shape index (κ3) is 2.31. The van der Waals surface area contributed by atoms with Crippen molar-refractivity contribution in [2.75, 3.05) is 5.73 Å². The molecular formula is C16H13N3. The molecule has 0 fully saturated rings. The molecule has 3 aromatic rings. The maximum atomic E-state index is 5.72. The number of hydrogen-bond donors (Lipinski definition) is 1. The van der Waals surface area contributed by atoms with Gasteiger partial charge in [0.15, 0.2) is 0 Å². The minimum absolute atomic E-state index is 0.752. The lowest BCUT2D eigenvalue weighted by Gasteiger charge is -2.08. The summed E-state index contributed by atoms with van der Waals surface area (Å²) < 4.78 is 0. The van der Waals surface area contributed by atoms with Crippen molar-refractivity contribution in [2.24, 2.45) is 0 Å². The SMILES string of the molecule is Nc1ccc(-c2cncnc2-c2ccccc2)cc1. The first-order valence-corrected chi connectivity index (χ1v) is 6.06. The molecule has 3 nitrogen and oxygen atoms in total. The molecule has 1 heterocycles. The van der Waals surface area contributed by atoms with Crippen molar-refractivity contribution < 1.29 is 0 Å². The maximum absolute atomic E-state index is 5.72. The van der Waals surface area contributed by atoms with E-state index in [9.17, 15) is 0 Å². The van der Waals surface area contributed by atoms with Gasteiger partial charge in [-0.2, -0.15) is 0 Å². The van der Waals surface area contributed by atoms with Gasteiger partial charge in [0.2, 0.25) is 0 Å². The number of hydrogen-bond acceptors (Lipinski definition) is 3. The van der Waals surface area contributed by atoms with E-state index in [0.717, 1.165) is 28.1 Å². The molecule has 0 atom stereocenters. The molecular weight excluding hydrogens is 234 g/mol. The van der Waals surface area contributed by atoms with Gasteiger partial charge in [0.25, 0.3) is 0 Å². The van der Waals surface area contributed by atoms with Crippen LogP contribution in [-0.4, -0.2) is 9.97 Å². The van der Waals surface area contributed by atoms with Crippen LogP contribution in [0.3, 0.4) is 0 Å². The molecule has 0 saturated heterocycles. The van der Waals surface area contributed by atoms with Crippen LogP contribution in [-0.2, 0) is 0 Å². The Bertz CT molecular complexity index is 676. The van der Waals surface area contributed by atoms with Gasteiger partial charge in [-0.3, -0.25) is 0 Å². The minimum Gasteiger partial charge on any atom is -0.399 e. The van der Waals surface area contributed by atoms with Crippen LogP contribution in [0.5, 0.6) is 0 Å². The summed E-state index contributed by atoms with van der Waals surface area (Å²) in [6.45, 7) is 0. The molecule has 0 aliphatic heterocycles. The van der Waals surface area contributed by atoms with Crippen LogP contribution in [0.2, 0.25) is 0 Å². The third-order valence-corrected chi connectivity index (χ3v) is 2.98. The van der Waals surface area contributed by atoms with E-state index in [4.69, 9.17) is 5.73 Å². The Balaban J connectivity index is 2.15. The zero-order valence-electron chi connectivity index (χ0n) is 10.3. The highest BCUT2D eigenvalue weighted by Crippen LogP contribution is 2.29. The van der Waals surface area contributed by atoms with E-state index in [2.05, 4.69) is 9.97 Å². The van der Waals surface area contributed by atoms with Crippen LogP contribution in [0.1, 0.15) is 0 Å². The third-order valence-electron chi connectivity index (χ3n) is 2.98. The molecule has 19 heavy (non-hydrogen) atoms. The van der Waals surface area contributed by atoms with E-state index in [0.29, 0.717) is 0 Å². The first-order valence-electron chi connectivity index (χ1n) is 6.06. The molecule has 0 aliphatic carbocycles. The second-order valence-corrected chi connectivity index (χ2v) is 4.27. The lowest BCUT2D eigenvalue weighted by molar-refractivity contribution is 1.17. The van der Waals surface area contributed by atoms with Crippen molar-refractivity contribution in [1.82, 2.24) is 9.97 Å². The summed E-state index contributed by atoms with van der Waals surface area (Å²) in [5.74, 6) is 0. The van der Waals surface area contributed by atoms with Gasteiger partial charge in [0.05, 0.1) is 5.69 Å². The topological polar surface area (TPSA) is 51.8 Å². The second-order valence-electron chi connectivity index (χ2n) is 4.27. The van der Waals surface area contributed by atoms with E-state index in [-0.39, 0.29) is 0 Å². The summed E-state index contributed by atoms with van der Waals surface area (Å²) >= 11 is 0. The van der Waals surface area contributed by atoms with Crippen LogP contribution in [0, 0.1) is 0 Å². The highest BCUT2D eigenvalue weighted by atomic mass is 14.8. The number of nitrogens with two attached hydrogens (primary N) is 1. The molecule has 0 amide bonds. The molecule has 0 unspecified atom stereocenters. The van der Waals surface area contributed by atoms with Crippen molar-refractivity contribution in [3.63, 3.8) is 0 Å². The predicted molar refractivity (Wildman–Crippen MR) is 77.3 cm³/mol. The first-order chi connectivity index (χ1) is 9.34. The summed E-state index contributed by atoms with van der Waals surface area (Å²) in [6, 6.07) is 17.8. The summed E-state index contributed by atoms with van der Waals surface area (Å²) in [7, 11) is 0. The van der Waals surface area contributed by atoms with E-state index >= 15 is 0 Å². The normalized spacial score (nSPS) is 10.3. The van der Waals surface area contributed by atoms with Crippen LogP contribution in [0.15, 0.2) is 67.1 Å². The van der Waals surface area contributed by atoms with Crippen LogP contribution < -0.4 is 5.73 Å². The molecule has 0 aliphatic rings. The number of aromatic nitrogens is 2. The average molecular weight is 247 g/mol. The highest BCUT2D eigenvalue weighted by molar-refractivity contribution is 5.80. The van der Waals surface area contributed by atoms with E-state index in [1.807, 2.05) is 60.8 Å². The van der Waals surface area contributed by atoms with Crippen molar-refractivity contribution in [3.8, 4) is 22.4 Å². The van der Waals surface area contributed by atoms with E-state index < -0.39 is 0 Å². The van der Waals surface area contributed by atoms with Gasteiger partial charge in [0.1, 0.15) is 6.33 Å². The van der Waals surface area contributed by atoms with Gasteiger partial charge >= 0.3 is 0 Å². The molecule has 0 saturated carbocycles. The fraction of sp³-hybridized carbons (Fsp3) is 0. The standard InChI is InChI=1S/C16H13N3/c17-14-8-6-12(7-9-14)15-10-18-11-19-16(15)13-4-2-1-3-5-13/h1-11H,17H2. The quantitative estimate of drug-likeness (QED) is 0.706. The summed E-state index contributed by atoms with van der Waals surface area (Å²) in [6.07, 6.45) is 3.41. The largest absolute Gasteiger partial charge is 0.399 e. The Morgan fingerprint density at radius 1 is 0.789 bits per heavy atom. The molecule has 2 N–H and O–H groups in total. The molecule has 2 aromatic carbocycles. The Morgan fingerprint density at radius 2 is 1.53 bits per heavy atom. The van der Waals surface area contributed by atoms with Gasteiger partial charge in [-0.15, -0.1) is 0 Å². The number of anilines is 1. The summed E-state index contributed by atoms with van der Waals surface area (Å²) in [4.78, 5) is 8.53. The average Bonchev–Trinajstić information content (AvgIpc) is 2.49. The Morgan fingerprint density at radius 3 is 2.26 bits per heavy atom. The number of rotatable bonds is 2. The Kier molecular flexibility index (Phi) is 2.94. The number of nitrogen functional groups attached to an aromatic ring is 1. The molecule has 92 valence electrons. The molecule has 0 spiro atoms. The maximum Gasteiger partial charge on any atom is 0.116 e. The molecule has 0 radical (unpaired) electrons. The molecule has 3 rings (SSSR count). The Hall–Kier alpha value is -2.68. The Labute approximate surface area is 111 Å². The van der Waals surface area contributed by atoms with Crippen molar-refractivity contribution in [1.29, 1.82) is 0 Å². The first kappa shape index (κ1) is 11.4. The van der Waals surface area contributed by atoms with Gasteiger partial charge in [0, 0.05) is 23.0 Å². The second kappa shape index (κ2) is 4.90. The zero-order valence-corrected chi connectivity index (χ0v) is 10.3. The summed E-state index contributed by atoms with van der Waals surface area (Å²) in [5.41, 5.74) is 10.6. The smallest absolute Gasteiger partial charge is 0.116 e. The van der Waals surface area contributed by atoms with E-state index in [1.54, 1.807) is 6.33 Å². The van der Waals surface area contributed by atoms with Crippen LogP contribution >= 0.6 is 0 Å².